The fraction of sp³-hybridized carbons (Fsp3) is 0.639. The van der Waals surface area contributed by atoms with Crippen molar-refractivity contribution in [1.82, 2.24) is 0 Å². The van der Waals surface area contributed by atoms with Crippen molar-refractivity contribution < 1.29 is 49.0 Å². The van der Waals surface area contributed by atoms with E-state index in [1.54, 1.807) is 19.1 Å². The van der Waals surface area contributed by atoms with Crippen molar-refractivity contribution in [2.45, 2.75) is 129 Å². The Morgan fingerprint density at radius 2 is 1.70 bits per heavy atom. The van der Waals surface area contributed by atoms with Gasteiger partial charge in [-0.05, 0) is 51.9 Å². The van der Waals surface area contributed by atoms with Crippen LogP contribution in [0.2, 0.25) is 0 Å². The molecule has 0 radical (unpaired) electrons. The minimum atomic E-state index is -1.06. The molecular formula is C36H54O10. The van der Waals surface area contributed by atoms with Gasteiger partial charge in [0.05, 0.1) is 31.7 Å². The average molecular weight is 647 g/mol. The fourth-order valence-corrected chi connectivity index (χ4v) is 5.78. The molecule has 2 saturated heterocycles. The number of esters is 1. The first-order valence-electron chi connectivity index (χ1n) is 16.4. The largest absolute Gasteiger partial charge is 0.481 e. The normalized spacial score (nSPS) is 29.1. The number of hydrogen-bond donors (Lipinski definition) is 4. The highest BCUT2D eigenvalue weighted by Crippen LogP contribution is 2.48. The molecule has 4 N–H and O–H groups in total. The zero-order valence-corrected chi connectivity index (χ0v) is 28.0. The van der Waals surface area contributed by atoms with E-state index in [0.29, 0.717) is 32.1 Å². The average Bonchev–Trinajstić information content (AvgIpc) is 3.01. The van der Waals surface area contributed by atoms with Gasteiger partial charge in [-0.3, -0.25) is 9.59 Å². The maximum absolute atomic E-state index is 12.9. The number of aliphatic hydroxyl groups is 2. The molecule has 2 fully saturated rings. The molecule has 2 rings (SSSR count). The third-order valence-electron chi connectivity index (χ3n) is 8.84. The van der Waals surface area contributed by atoms with Crippen molar-refractivity contribution in [2.75, 3.05) is 6.61 Å². The number of unbranched alkanes of at least 4 members (excludes halogenated alkanes) is 1. The molecule has 7 atom stereocenters. The number of hydrogen-bond acceptors (Lipinski definition) is 8. The summed E-state index contributed by atoms with van der Waals surface area (Å²) >= 11 is 0. The highest BCUT2D eigenvalue weighted by atomic mass is 16.7. The van der Waals surface area contributed by atoms with Gasteiger partial charge in [-0.1, -0.05) is 80.9 Å². The molecule has 0 unspecified atom stereocenters. The van der Waals surface area contributed by atoms with E-state index in [1.165, 1.54) is 6.08 Å². The topological polar surface area (TPSA) is 160 Å². The van der Waals surface area contributed by atoms with Gasteiger partial charge in [-0.2, -0.15) is 0 Å². The van der Waals surface area contributed by atoms with Gasteiger partial charge in [0.2, 0.25) is 0 Å². The third kappa shape index (κ3) is 12.6. The van der Waals surface area contributed by atoms with Gasteiger partial charge in [0.25, 0.3) is 0 Å². The van der Waals surface area contributed by atoms with E-state index in [-0.39, 0.29) is 37.4 Å². The maximum Gasteiger partial charge on any atom is 0.327 e. The number of allylic oxidation sites excluding steroid dienone is 4. The monoisotopic (exact) mass is 646 g/mol. The van der Waals surface area contributed by atoms with Crippen LogP contribution >= 0.6 is 0 Å². The summed E-state index contributed by atoms with van der Waals surface area (Å²) < 4.78 is 19.7. The summed E-state index contributed by atoms with van der Waals surface area (Å²) in [7, 11) is 0. The number of aliphatic hydroxyl groups excluding tert-OH is 2. The lowest BCUT2D eigenvalue weighted by Crippen LogP contribution is -2.59. The minimum absolute atomic E-state index is 0.110. The molecule has 0 aromatic carbocycles. The van der Waals surface area contributed by atoms with Crippen molar-refractivity contribution in [3.8, 4) is 0 Å². The van der Waals surface area contributed by atoms with Crippen LogP contribution in [0.25, 0.3) is 0 Å². The zero-order chi connectivity index (χ0) is 34.3. The fourth-order valence-electron chi connectivity index (χ4n) is 5.78. The molecule has 2 heterocycles. The van der Waals surface area contributed by atoms with Gasteiger partial charge in [-0.25, -0.2) is 4.79 Å². The summed E-state index contributed by atoms with van der Waals surface area (Å²) in [5.41, 5.74) is 0.787. The van der Waals surface area contributed by atoms with Gasteiger partial charge < -0.3 is 34.6 Å². The van der Waals surface area contributed by atoms with Crippen LogP contribution < -0.4 is 0 Å². The van der Waals surface area contributed by atoms with Gasteiger partial charge in [0.1, 0.15) is 11.7 Å². The van der Waals surface area contributed by atoms with E-state index in [0.717, 1.165) is 36.5 Å². The molecule has 0 saturated carbocycles. The first-order chi connectivity index (χ1) is 21.7. The number of ether oxygens (including phenoxy) is 3. The van der Waals surface area contributed by atoms with Crippen LogP contribution in [0.15, 0.2) is 59.8 Å². The number of carbonyl (C=O) groups excluding carboxylic acids is 1. The van der Waals surface area contributed by atoms with Crippen molar-refractivity contribution in [1.29, 1.82) is 0 Å². The van der Waals surface area contributed by atoms with Crippen LogP contribution in [0, 0.1) is 11.8 Å². The molecule has 10 heteroatoms. The molecule has 2 aliphatic rings. The van der Waals surface area contributed by atoms with Gasteiger partial charge >= 0.3 is 17.9 Å². The Balaban J connectivity index is 2.28. The van der Waals surface area contributed by atoms with E-state index >= 15 is 0 Å². The molecule has 0 aliphatic carbocycles. The molecule has 10 nitrogen and oxygen atoms in total. The number of aliphatic carboxylic acids is 2. The van der Waals surface area contributed by atoms with Crippen LogP contribution in [-0.4, -0.2) is 74.6 Å². The molecule has 0 aromatic rings. The molecule has 2 aliphatic heterocycles. The Labute approximate surface area is 273 Å². The summed E-state index contributed by atoms with van der Waals surface area (Å²) in [5.74, 6) is -3.66. The number of carboxylic acids is 2. The van der Waals surface area contributed by atoms with Gasteiger partial charge in [-0.15, -0.1) is 0 Å². The van der Waals surface area contributed by atoms with E-state index < -0.39 is 41.5 Å². The second-order valence-electron chi connectivity index (χ2n) is 12.7. The predicted octanol–water partition coefficient (Wildman–Crippen LogP) is 6.04. The lowest BCUT2D eigenvalue weighted by molar-refractivity contribution is -0.344. The van der Waals surface area contributed by atoms with Gasteiger partial charge in [0.15, 0.2) is 5.79 Å². The van der Waals surface area contributed by atoms with E-state index in [9.17, 15) is 24.6 Å². The second kappa shape index (κ2) is 18.9. The molecule has 0 amide bonds. The third-order valence-corrected chi connectivity index (χ3v) is 8.84. The van der Waals surface area contributed by atoms with E-state index in [1.807, 2.05) is 32.1 Å². The van der Waals surface area contributed by atoms with Crippen LogP contribution in [0.4, 0.5) is 0 Å². The van der Waals surface area contributed by atoms with Crippen molar-refractivity contribution in [3.63, 3.8) is 0 Å². The standard InChI is InChI=1S/C36H54O10/c1-6-7-20-35(46-34(43)17-16-33(41)42)22-23-36(45-31(35)14-10-26(3)19-24-37)21-18-28(5)30(44-36)13-9-25(2)8-12-29(38)27(4)11-15-32(39)40/h8-12,14-15,19,27-31,37-38H,6-7,13,16-18,20-24H2,1-5H3,(H,39,40)(H,41,42)/b12-8+,14-10+,15-11+,25-9+,26-19+/t27-,28-,29-,30+,31-,35+,36-/m0/s1. The Bertz CT molecular complexity index is 1170. The minimum Gasteiger partial charge on any atom is -0.481 e. The van der Waals surface area contributed by atoms with Crippen LogP contribution in [-0.2, 0) is 28.6 Å². The smallest absolute Gasteiger partial charge is 0.327 e. The molecule has 0 bridgehead atoms. The second-order valence-corrected chi connectivity index (χ2v) is 12.7. The summed E-state index contributed by atoms with van der Waals surface area (Å²) in [5, 5.41) is 37.6. The van der Waals surface area contributed by atoms with Crippen molar-refractivity contribution in [3.05, 3.63) is 59.8 Å². The summed E-state index contributed by atoms with van der Waals surface area (Å²) in [6.07, 6.45) is 16.7. The molecule has 258 valence electrons. The first kappa shape index (κ1) is 39.1. The molecule has 0 aromatic heterocycles. The molecular weight excluding hydrogens is 592 g/mol. The SMILES string of the molecule is CCCC[C@@]1(OC(=O)CCC(=O)O)CC[C@]2(CC[C@H](C)[C@@H](C/C=C(C)/C=C/[C@H](O)[C@@H](C)/C=C/C(=O)O)O2)O[C@H]1/C=C/C(C)=C/CO. The van der Waals surface area contributed by atoms with E-state index in [4.69, 9.17) is 24.4 Å². The van der Waals surface area contributed by atoms with Crippen molar-refractivity contribution in [2.24, 2.45) is 11.8 Å². The lowest BCUT2D eigenvalue weighted by Gasteiger charge is -2.53. The Morgan fingerprint density at radius 3 is 2.35 bits per heavy atom. The number of rotatable bonds is 17. The lowest BCUT2D eigenvalue weighted by atomic mass is 9.78. The predicted molar refractivity (Wildman–Crippen MR) is 175 cm³/mol. The highest BCUT2D eigenvalue weighted by molar-refractivity contribution is 5.79. The summed E-state index contributed by atoms with van der Waals surface area (Å²) in [6, 6.07) is 0. The summed E-state index contributed by atoms with van der Waals surface area (Å²) in [4.78, 5) is 34.8. The number of carboxylic acid groups (broad SMARTS) is 2. The highest BCUT2D eigenvalue weighted by Gasteiger charge is 2.54. The maximum atomic E-state index is 12.9. The van der Waals surface area contributed by atoms with Gasteiger partial charge in [0, 0.05) is 24.8 Å². The van der Waals surface area contributed by atoms with E-state index in [2.05, 4.69) is 19.9 Å². The zero-order valence-electron chi connectivity index (χ0n) is 28.0. The summed E-state index contributed by atoms with van der Waals surface area (Å²) in [6.45, 7) is 9.64. The van der Waals surface area contributed by atoms with Crippen LogP contribution in [0.3, 0.4) is 0 Å². The first-order valence-corrected chi connectivity index (χ1v) is 16.4. The van der Waals surface area contributed by atoms with Crippen molar-refractivity contribution >= 4 is 17.9 Å². The Hall–Kier alpha value is -3.05. The Kier molecular flexibility index (Phi) is 16.1. The molecule has 1 spiro atoms. The quantitative estimate of drug-likeness (QED) is 0.0834. The van der Waals surface area contributed by atoms with Crippen LogP contribution in [0.1, 0.15) is 98.8 Å². The Morgan fingerprint density at radius 1 is 0.978 bits per heavy atom. The molecule has 46 heavy (non-hydrogen) atoms. The number of carbonyl (C=O) groups is 3. The van der Waals surface area contributed by atoms with Crippen LogP contribution in [0.5, 0.6) is 0 Å².